The van der Waals surface area contributed by atoms with Crippen molar-refractivity contribution in [3.63, 3.8) is 0 Å². The van der Waals surface area contributed by atoms with Gasteiger partial charge in [-0.1, -0.05) is 45.1 Å². The first kappa shape index (κ1) is 19.5. The second-order valence-corrected chi connectivity index (χ2v) is 7.81. The Labute approximate surface area is 172 Å². The monoisotopic (exact) mass is 466 g/mol. The summed E-state index contributed by atoms with van der Waals surface area (Å²) in [7, 11) is 0. The van der Waals surface area contributed by atoms with Crippen molar-refractivity contribution in [2.45, 2.75) is 18.3 Å². The van der Waals surface area contributed by atoms with Gasteiger partial charge in [-0.05, 0) is 24.3 Å². The average molecular weight is 467 g/mol. The second-order valence-electron chi connectivity index (χ2n) is 5.12. The molecular weight excluding hydrogens is 452 g/mol. The van der Waals surface area contributed by atoms with Gasteiger partial charge < -0.3 is 4.74 Å². The predicted octanol–water partition coefficient (Wildman–Crippen LogP) is 3.39. The summed E-state index contributed by atoms with van der Waals surface area (Å²) in [4.78, 5) is 12.0. The molecule has 0 aliphatic carbocycles. The van der Waals surface area contributed by atoms with Gasteiger partial charge in [0.15, 0.2) is 11.0 Å². The lowest BCUT2D eigenvalue weighted by Gasteiger charge is -2.09. The van der Waals surface area contributed by atoms with Crippen LogP contribution in [0, 0.1) is 0 Å². The summed E-state index contributed by atoms with van der Waals surface area (Å²) in [6, 6.07) is 7.54. The third kappa shape index (κ3) is 5.62. The number of ether oxygens (including phenoxy) is 1. The smallest absolute Gasteiger partial charge is 0.236 e. The molecule has 8 nitrogen and oxygen atoms in total. The van der Waals surface area contributed by atoms with E-state index in [9.17, 15) is 4.79 Å². The van der Waals surface area contributed by atoms with Gasteiger partial charge in [-0.25, -0.2) is 0 Å². The molecule has 0 unspecified atom stereocenters. The fourth-order valence-corrected chi connectivity index (χ4v) is 3.53. The molecule has 0 fully saturated rings. The molecule has 1 amide bonds. The molecule has 140 valence electrons. The molecule has 2 aromatic heterocycles. The highest BCUT2D eigenvalue weighted by atomic mass is 79.9. The number of halogens is 1. The van der Waals surface area contributed by atoms with E-state index >= 15 is 0 Å². The molecule has 0 spiro atoms. The largest absolute Gasteiger partial charge is 0.486 e. The Morgan fingerprint density at radius 3 is 2.85 bits per heavy atom. The number of allylic oxidation sites excluding steroid dienone is 1. The van der Waals surface area contributed by atoms with Crippen molar-refractivity contribution in [2.24, 2.45) is 0 Å². The van der Waals surface area contributed by atoms with Crippen molar-refractivity contribution in [3.8, 4) is 5.75 Å². The lowest BCUT2D eigenvalue weighted by molar-refractivity contribution is -0.113. The summed E-state index contributed by atoms with van der Waals surface area (Å²) in [6.07, 6.45) is 1.75. The zero-order valence-corrected chi connectivity index (χ0v) is 17.3. The topological polar surface area (TPSA) is 94.8 Å². The van der Waals surface area contributed by atoms with Gasteiger partial charge in [0.1, 0.15) is 17.9 Å². The Kier molecular flexibility index (Phi) is 6.96. The molecule has 3 rings (SSSR count). The number of carbonyl (C=O) groups excluding carboxylic acids is 1. The maximum absolute atomic E-state index is 12.0. The number of anilines is 1. The number of nitrogens with one attached hydrogen (secondary N) is 1. The van der Waals surface area contributed by atoms with Crippen LogP contribution in [0.2, 0.25) is 0 Å². The van der Waals surface area contributed by atoms with Gasteiger partial charge in [-0.2, -0.15) is 0 Å². The maximum atomic E-state index is 12.0. The molecule has 1 aromatic carbocycles. The lowest BCUT2D eigenvalue weighted by Crippen LogP contribution is -2.15. The zero-order valence-electron chi connectivity index (χ0n) is 14.0. The quantitative estimate of drug-likeness (QED) is 0.381. The summed E-state index contributed by atoms with van der Waals surface area (Å²) < 4.78 is 8.61. The van der Waals surface area contributed by atoms with Crippen LogP contribution in [0.1, 0.15) is 5.82 Å². The highest BCUT2D eigenvalue weighted by Gasteiger charge is 2.14. The minimum Gasteiger partial charge on any atom is -0.486 e. The second kappa shape index (κ2) is 9.62. The van der Waals surface area contributed by atoms with Crippen LogP contribution in [0.15, 0.2) is 52.1 Å². The molecule has 0 aliphatic rings. The van der Waals surface area contributed by atoms with Gasteiger partial charge in [0.2, 0.25) is 11.0 Å². The number of nitrogens with zero attached hydrogens (tertiary/aromatic N) is 5. The van der Waals surface area contributed by atoms with Gasteiger partial charge >= 0.3 is 0 Å². The molecule has 2 heterocycles. The van der Waals surface area contributed by atoms with E-state index in [-0.39, 0.29) is 18.3 Å². The molecule has 1 N–H and O–H groups in total. The number of hydrogen-bond donors (Lipinski definition) is 1. The van der Waals surface area contributed by atoms with Crippen LogP contribution >= 0.6 is 39.0 Å². The van der Waals surface area contributed by atoms with Crippen molar-refractivity contribution < 1.29 is 9.53 Å². The van der Waals surface area contributed by atoms with Gasteiger partial charge in [0, 0.05) is 11.0 Å². The van der Waals surface area contributed by atoms with E-state index in [0.29, 0.717) is 22.7 Å². The molecule has 11 heteroatoms. The van der Waals surface area contributed by atoms with Crippen LogP contribution in [0.5, 0.6) is 5.75 Å². The van der Waals surface area contributed by atoms with Gasteiger partial charge in [0.25, 0.3) is 0 Å². The van der Waals surface area contributed by atoms with Crippen LogP contribution in [-0.4, -0.2) is 36.6 Å². The summed E-state index contributed by atoms with van der Waals surface area (Å²) in [6.45, 7) is 4.55. The predicted molar refractivity (Wildman–Crippen MR) is 108 cm³/mol. The normalized spacial score (nSPS) is 10.6. The van der Waals surface area contributed by atoms with E-state index in [1.807, 2.05) is 28.8 Å². The van der Waals surface area contributed by atoms with Gasteiger partial charge in [-0.15, -0.1) is 27.0 Å². The first-order valence-corrected chi connectivity index (χ1v) is 10.4. The van der Waals surface area contributed by atoms with E-state index in [2.05, 4.69) is 48.2 Å². The van der Waals surface area contributed by atoms with Crippen molar-refractivity contribution in [2.75, 3.05) is 11.1 Å². The fourth-order valence-electron chi connectivity index (χ4n) is 2.04. The minimum atomic E-state index is -0.183. The Hall–Kier alpha value is -2.24. The van der Waals surface area contributed by atoms with Crippen LogP contribution in [0.4, 0.5) is 5.13 Å². The first-order valence-electron chi connectivity index (χ1n) is 7.76. The molecule has 0 saturated carbocycles. The number of aromatic nitrogens is 5. The molecule has 0 atom stereocenters. The van der Waals surface area contributed by atoms with E-state index in [0.717, 1.165) is 10.2 Å². The summed E-state index contributed by atoms with van der Waals surface area (Å²) >= 11 is 5.94. The van der Waals surface area contributed by atoms with Crippen molar-refractivity contribution in [1.82, 2.24) is 25.0 Å². The Morgan fingerprint density at radius 2 is 2.15 bits per heavy atom. The molecule has 3 aromatic rings. The number of rotatable bonds is 9. The number of hydrogen-bond acceptors (Lipinski definition) is 8. The Morgan fingerprint density at radius 1 is 1.33 bits per heavy atom. The van der Waals surface area contributed by atoms with E-state index in [1.54, 1.807) is 11.6 Å². The molecule has 0 radical (unpaired) electrons. The van der Waals surface area contributed by atoms with Gasteiger partial charge in [0.05, 0.1) is 5.75 Å². The summed E-state index contributed by atoms with van der Waals surface area (Å²) in [5.74, 6) is 1.39. The van der Waals surface area contributed by atoms with Crippen LogP contribution in [0.3, 0.4) is 0 Å². The summed E-state index contributed by atoms with van der Waals surface area (Å²) in [5.41, 5.74) is 1.56. The third-order valence-electron chi connectivity index (χ3n) is 3.23. The molecule has 0 saturated heterocycles. The van der Waals surface area contributed by atoms with Crippen molar-refractivity contribution >= 4 is 50.1 Å². The fraction of sp³-hybridized carbons (Fsp3) is 0.188. The van der Waals surface area contributed by atoms with Gasteiger partial charge in [-0.3, -0.25) is 14.7 Å². The standard InChI is InChI=1S/C16H15BrN6O2S2/c1-2-7-23-13(8-25-12-5-3-11(17)4-6-12)20-22-16(23)26-9-14(24)19-15-21-18-10-27-15/h2-6,10H,1,7-9H2,(H,19,21,24). The maximum Gasteiger partial charge on any atom is 0.236 e. The molecule has 0 bridgehead atoms. The van der Waals surface area contributed by atoms with Crippen LogP contribution < -0.4 is 10.1 Å². The molecule has 0 aliphatic heterocycles. The minimum absolute atomic E-state index is 0.183. The summed E-state index contributed by atoms with van der Waals surface area (Å²) in [5, 5.41) is 19.6. The molecular formula is C16H15BrN6O2S2. The number of benzene rings is 1. The van der Waals surface area contributed by atoms with E-state index in [1.165, 1.54) is 23.1 Å². The van der Waals surface area contributed by atoms with E-state index in [4.69, 9.17) is 4.74 Å². The zero-order chi connectivity index (χ0) is 19.1. The Balaban J connectivity index is 1.60. The van der Waals surface area contributed by atoms with Crippen molar-refractivity contribution in [3.05, 3.63) is 52.7 Å². The number of thioether (sulfide) groups is 1. The average Bonchev–Trinajstić information content (AvgIpc) is 3.30. The van der Waals surface area contributed by atoms with Crippen LogP contribution in [-0.2, 0) is 17.9 Å². The Bertz CT molecular complexity index is 898. The van der Waals surface area contributed by atoms with Crippen LogP contribution in [0.25, 0.3) is 0 Å². The van der Waals surface area contributed by atoms with E-state index < -0.39 is 0 Å². The first-order chi connectivity index (χ1) is 13.2. The third-order valence-corrected chi connectivity index (χ3v) is 5.33. The number of carbonyl (C=O) groups is 1. The number of amides is 1. The van der Waals surface area contributed by atoms with Crippen molar-refractivity contribution in [1.29, 1.82) is 0 Å². The molecule has 27 heavy (non-hydrogen) atoms. The highest BCUT2D eigenvalue weighted by molar-refractivity contribution is 9.10. The SMILES string of the molecule is C=CCn1c(COc2ccc(Br)cc2)nnc1SCC(=O)Nc1nncs1. The lowest BCUT2D eigenvalue weighted by atomic mass is 10.3. The highest BCUT2D eigenvalue weighted by Crippen LogP contribution is 2.20.